The van der Waals surface area contributed by atoms with Gasteiger partial charge in [0.25, 0.3) is 5.91 Å². The molecule has 1 aliphatic rings. The van der Waals surface area contributed by atoms with Crippen LogP contribution in [0.1, 0.15) is 5.56 Å². The topological polar surface area (TPSA) is 78.5 Å². The van der Waals surface area contributed by atoms with Crippen molar-refractivity contribution in [3.63, 3.8) is 0 Å². The molecule has 0 radical (unpaired) electrons. The van der Waals surface area contributed by atoms with Crippen molar-refractivity contribution in [2.45, 2.75) is 12.5 Å². The zero-order chi connectivity index (χ0) is 18.7. The summed E-state index contributed by atoms with van der Waals surface area (Å²) < 4.78 is 26.1. The van der Waals surface area contributed by atoms with Gasteiger partial charge in [-0.2, -0.15) is 0 Å². The first-order valence-electron chi connectivity index (χ1n) is 7.85. The van der Waals surface area contributed by atoms with Crippen LogP contribution in [0.2, 0.25) is 0 Å². The summed E-state index contributed by atoms with van der Waals surface area (Å²) in [7, 11) is 0. The standard InChI is InChI=1S/C18H15F2N3O3/c19-13-7-6-12(9-14(13)20)21-16(24)10-23-17(25)15(22-18(23)26)8-11-4-2-1-3-5-11/h1-7,9,15H,8,10H2,(H,21,24)(H,22,26). The molecule has 1 heterocycles. The van der Waals surface area contributed by atoms with Crippen molar-refractivity contribution < 1.29 is 23.2 Å². The molecule has 2 aromatic carbocycles. The van der Waals surface area contributed by atoms with E-state index in [1.807, 2.05) is 30.3 Å². The molecule has 4 amide bonds. The number of rotatable bonds is 5. The van der Waals surface area contributed by atoms with Crippen LogP contribution in [0.4, 0.5) is 19.3 Å². The van der Waals surface area contributed by atoms with Crippen LogP contribution < -0.4 is 10.6 Å². The zero-order valence-corrected chi connectivity index (χ0v) is 13.5. The number of amides is 4. The second-order valence-corrected chi connectivity index (χ2v) is 5.79. The van der Waals surface area contributed by atoms with Gasteiger partial charge in [0.05, 0.1) is 0 Å². The Hall–Kier alpha value is -3.29. The van der Waals surface area contributed by atoms with Gasteiger partial charge in [-0.1, -0.05) is 30.3 Å². The van der Waals surface area contributed by atoms with Crippen LogP contribution in [0.3, 0.4) is 0 Å². The summed E-state index contributed by atoms with van der Waals surface area (Å²) in [5.41, 5.74) is 0.904. The molecule has 134 valence electrons. The number of urea groups is 1. The maximum atomic E-state index is 13.2. The SMILES string of the molecule is O=C(CN1C(=O)NC(Cc2ccccc2)C1=O)Nc1ccc(F)c(F)c1. The molecule has 1 unspecified atom stereocenters. The zero-order valence-electron chi connectivity index (χ0n) is 13.5. The third-order valence-electron chi connectivity index (χ3n) is 3.89. The summed E-state index contributed by atoms with van der Waals surface area (Å²) in [5, 5.41) is 4.86. The molecule has 0 bridgehead atoms. The molecule has 3 rings (SSSR count). The van der Waals surface area contributed by atoms with E-state index >= 15 is 0 Å². The fourth-order valence-electron chi connectivity index (χ4n) is 2.63. The Morgan fingerprint density at radius 1 is 1.08 bits per heavy atom. The third-order valence-corrected chi connectivity index (χ3v) is 3.89. The number of halogens is 2. The number of nitrogens with one attached hydrogen (secondary N) is 2. The molecule has 1 saturated heterocycles. The van der Waals surface area contributed by atoms with Gasteiger partial charge in [0, 0.05) is 18.2 Å². The minimum atomic E-state index is -1.11. The minimum absolute atomic E-state index is 0.0294. The Morgan fingerprint density at radius 3 is 2.50 bits per heavy atom. The number of hydrogen-bond acceptors (Lipinski definition) is 3. The highest BCUT2D eigenvalue weighted by molar-refractivity contribution is 6.08. The molecule has 26 heavy (non-hydrogen) atoms. The van der Waals surface area contributed by atoms with Crippen LogP contribution in [0.15, 0.2) is 48.5 Å². The van der Waals surface area contributed by atoms with Crippen LogP contribution in [0.5, 0.6) is 0 Å². The van der Waals surface area contributed by atoms with Gasteiger partial charge in [0.2, 0.25) is 5.91 Å². The third kappa shape index (κ3) is 3.85. The molecule has 1 aliphatic heterocycles. The van der Waals surface area contributed by atoms with E-state index in [1.165, 1.54) is 6.07 Å². The van der Waals surface area contributed by atoms with Crippen LogP contribution >= 0.6 is 0 Å². The smallest absolute Gasteiger partial charge is 0.325 e. The molecule has 0 spiro atoms. The number of imide groups is 1. The summed E-state index contributed by atoms with van der Waals surface area (Å²) in [4.78, 5) is 37.2. The first kappa shape index (κ1) is 17.5. The van der Waals surface area contributed by atoms with E-state index in [-0.39, 0.29) is 5.69 Å². The number of hydrogen-bond donors (Lipinski definition) is 2. The molecule has 8 heteroatoms. The number of nitrogens with zero attached hydrogens (tertiary/aromatic N) is 1. The Morgan fingerprint density at radius 2 is 1.81 bits per heavy atom. The molecule has 2 aromatic rings. The van der Waals surface area contributed by atoms with Crippen molar-refractivity contribution in [1.82, 2.24) is 10.2 Å². The second kappa shape index (κ2) is 7.30. The molecular formula is C18H15F2N3O3. The quantitative estimate of drug-likeness (QED) is 0.802. The Balaban J connectivity index is 1.61. The fraction of sp³-hybridized carbons (Fsp3) is 0.167. The van der Waals surface area contributed by atoms with E-state index in [1.54, 1.807) is 0 Å². The van der Waals surface area contributed by atoms with Crippen LogP contribution in [-0.2, 0) is 16.0 Å². The van der Waals surface area contributed by atoms with Gasteiger partial charge in [-0.05, 0) is 17.7 Å². The average molecular weight is 359 g/mol. The molecule has 0 aromatic heterocycles. The van der Waals surface area contributed by atoms with Crippen molar-refractivity contribution in [3.8, 4) is 0 Å². The van der Waals surface area contributed by atoms with E-state index in [2.05, 4.69) is 10.6 Å². The summed E-state index contributed by atoms with van der Waals surface area (Å²) >= 11 is 0. The van der Waals surface area contributed by atoms with Crippen molar-refractivity contribution in [3.05, 3.63) is 65.7 Å². The number of carbonyl (C=O) groups excluding carboxylic acids is 3. The van der Waals surface area contributed by atoms with Crippen LogP contribution in [0.25, 0.3) is 0 Å². The van der Waals surface area contributed by atoms with Crippen molar-refractivity contribution in [1.29, 1.82) is 0 Å². The molecule has 0 saturated carbocycles. The van der Waals surface area contributed by atoms with Crippen LogP contribution in [-0.4, -0.2) is 35.3 Å². The van der Waals surface area contributed by atoms with Gasteiger partial charge in [0.15, 0.2) is 11.6 Å². The number of anilines is 1. The molecule has 1 fully saturated rings. The molecule has 6 nitrogen and oxygen atoms in total. The fourth-order valence-corrected chi connectivity index (χ4v) is 2.63. The normalized spacial score (nSPS) is 16.5. The highest BCUT2D eigenvalue weighted by Gasteiger charge is 2.38. The summed E-state index contributed by atoms with van der Waals surface area (Å²) in [5.74, 6) is -3.36. The van der Waals surface area contributed by atoms with Gasteiger partial charge >= 0.3 is 6.03 Å². The van der Waals surface area contributed by atoms with Gasteiger partial charge in [0.1, 0.15) is 12.6 Å². The molecule has 0 aliphatic carbocycles. The first-order chi connectivity index (χ1) is 12.4. The Kier molecular flexibility index (Phi) is 4.92. The van der Waals surface area contributed by atoms with E-state index in [0.717, 1.165) is 22.6 Å². The lowest BCUT2D eigenvalue weighted by molar-refractivity contribution is -0.130. The summed E-state index contributed by atoms with van der Waals surface area (Å²) in [6.07, 6.45) is 0.312. The van der Waals surface area contributed by atoms with E-state index in [9.17, 15) is 23.2 Å². The summed E-state index contributed by atoms with van der Waals surface area (Å²) in [6.45, 7) is -0.519. The minimum Gasteiger partial charge on any atom is -0.325 e. The Labute approximate surface area is 147 Å². The molecule has 1 atom stereocenters. The average Bonchev–Trinajstić information content (AvgIpc) is 2.86. The highest BCUT2D eigenvalue weighted by atomic mass is 19.2. The van der Waals surface area contributed by atoms with Gasteiger partial charge in [-0.3, -0.25) is 14.5 Å². The largest absolute Gasteiger partial charge is 0.325 e. The van der Waals surface area contributed by atoms with Gasteiger partial charge < -0.3 is 10.6 Å². The molecule has 2 N–H and O–H groups in total. The monoisotopic (exact) mass is 359 g/mol. The summed E-state index contributed by atoms with van der Waals surface area (Å²) in [6, 6.07) is 10.6. The Bertz CT molecular complexity index is 858. The predicted molar refractivity (Wildman–Crippen MR) is 89.2 cm³/mol. The van der Waals surface area contributed by atoms with Crippen molar-refractivity contribution in [2.24, 2.45) is 0 Å². The lowest BCUT2D eigenvalue weighted by Crippen LogP contribution is -2.38. The van der Waals surface area contributed by atoms with Crippen molar-refractivity contribution >= 4 is 23.5 Å². The van der Waals surface area contributed by atoms with E-state index in [4.69, 9.17) is 0 Å². The van der Waals surface area contributed by atoms with Gasteiger partial charge in [-0.15, -0.1) is 0 Å². The highest BCUT2D eigenvalue weighted by Crippen LogP contribution is 2.15. The lowest BCUT2D eigenvalue weighted by atomic mass is 10.1. The maximum Gasteiger partial charge on any atom is 0.325 e. The van der Waals surface area contributed by atoms with E-state index in [0.29, 0.717) is 6.42 Å². The molecular weight excluding hydrogens is 344 g/mol. The van der Waals surface area contributed by atoms with Crippen molar-refractivity contribution in [2.75, 3.05) is 11.9 Å². The second-order valence-electron chi connectivity index (χ2n) is 5.79. The number of carbonyl (C=O) groups is 3. The number of benzene rings is 2. The first-order valence-corrected chi connectivity index (χ1v) is 7.85. The van der Waals surface area contributed by atoms with Gasteiger partial charge in [-0.25, -0.2) is 13.6 Å². The van der Waals surface area contributed by atoms with Crippen LogP contribution in [0, 0.1) is 11.6 Å². The maximum absolute atomic E-state index is 13.2. The van der Waals surface area contributed by atoms with E-state index < -0.39 is 42.1 Å². The predicted octanol–water partition coefficient (Wildman–Crippen LogP) is 2.07. The lowest BCUT2D eigenvalue weighted by Gasteiger charge is -2.13.